The summed E-state index contributed by atoms with van der Waals surface area (Å²) < 4.78 is 27.6. The number of benzene rings is 1. The number of rotatable bonds is 5. The third-order valence-corrected chi connectivity index (χ3v) is 9.33. The van der Waals surface area contributed by atoms with Gasteiger partial charge in [0, 0.05) is 57.0 Å². The fourth-order valence-electron chi connectivity index (χ4n) is 4.29. The summed E-state index contributed by atoms with van der Waals surface area (Å²) in [6, 6.07) is 7.49. The number of thiophene rings is 1. The lowest BCUT2D eigenvalue weighted by atomic mass is 10.1. The van der Waals surface area contributed by atoms with Crippen LogP contribution in [0.1, 0.15) is 34.4 Å². The molecule has 2 aromatic rings. The van der Waals surface area contributed by atoms with Gasteiger partial charge in [0.15, 0.2) is 0 Å². The van der Waals surface area contributed by atoms with Crippen molar-refractivity contribution in [3.05, 3.63) is 51.2 Å². The predicted molar refractivity (Wildman–Crippen MR) is 124 cm³/mol. The maximum atomic E-state index is 13.1. The highest BCUT2D eigenvalue weighted by atomic mass is 32.2. The van der Waals surface area contributed by atoms with Crippen LogP contribution in [-0.2, 0) is 32.6 Å². The van der Waals surface area contributed by atoms with E-state index in [-0.39, 0.29) is 37.7 Å². The summed E-state index contributed by atoms with van der Waals surface area (Å²) in [5, 5.41) is 2.06. The van der Waals surface area contributed by atoms with Crippen molar-refractivity contribution in [3.8, 4) is 0 Å². The fraction of sp³-hybridized carbons (Fsp3) is 0.478. The lowest BCUT2D eigenvalue weighted by molar-refractivity contribution is -0.138. The molecular formula is C23H29N3O4S2. The number of nitrogens with zero attached hydrogens (tertiary/aromatic N) is 3. The van der Waals surface area contributed by atoms with E-state index in [0.717, 1.165) is 17.5 Å². The van der Waals surface area contributed by atoms with E-state index in [1.165, 1.54) is 14.7 Å². The van der Waals surface area contributed by atoms with Crippen molar-refractivity contribution in [1.82, 2.24) is 14.1 Å². The van der Waals surface area contributed by atoms with E-state index in [1.807, 2.05) is 24.0 Å². The monoisotopic (exact) mass is 475 g/mol. The number of fused-ring (bicyclic) bond motifs is 1. The van der Waals surface area contributed by atoms with Crippen molar-refractivity contribution in [2.75, 3.05) is 32.7 Å². The maximum absolute atomic E-state index is 13.1. The molecule has 0 N–H and O–H groups in total. The molecule has 9 heteroatoms. The van der Waals surface area contributed by atoms with E-state index in [4.69, 9.17) is 0 Å². The summed E-state index contributed by atoms with van der Waals surface area (Å²) in [5.74, 6) is -0.0818. The minimum Gasteiger partial charge on any atom is -0.340 e. The number of sulfonamides is 1. The van der Waals surface area contributed by atoms with E-state index < -0.39 is 10.0 Å². The second kappa shape index (κ2) is 9.33. The Kier molecular flexibility index (Phi) is 6.69. The lowest BCUT2D eigenvalue weighted by Crippen LogP contribution is -2.50. The summed E-state index contributed by atoms with van der Waals surface area (Å²) in [4.78, 5) is 30.4. The fourth-order valence-corrected chi connectivity index (χ4v) is 6.92. The summed E-state index contributed by atoms with van der Waals surface area (Å²) in [5.41, 5.74) is 2.83. The van der Waals surface area contributed by atoms with Crippen LogP contribution in [0, 0.1) is 13.8 Å². The topological polar surface area (TPSA) is 78.0 Å². The van der Waals surface area contributed by atoms with E-state index in [1.54, 1.807) is 29.2 Å². The summed E-state index contributed by atoms with van der Waals surface area (Å²) >= 11 is 1.73. The van der Waals surface area contributed by atoms with Gasteiger partial charge >= 0.3 is 0 Å². The number of hydrogen-bond acceptors (Lipinski definition) is 5. The minimum atomic E-state index is -3.59. The highest BCUT2D eigenvalue weighted by Crippen LogP contribution is 2.25. The second-order valence-corrected chi connectivity index (χ2v) is 11.4. The van der Waals surface area contributed by atoms with Gasteiger partial charge in [-0.05, 0) is 54.5 Å². The van der Waals surface area contributed by atoms with Gasteiger partial charge in [0.1, 0.15) is 0 Å². The SMILES string of the molecule is Cc1ccc(C)c(S(=O)(=O)N2CCN(C(=O)CCC(=O)N3CCc4sccc4C3)CC2)c1. The van der Waals surface area contributed by atoms with Gasteiger partial charge in [0.05, 0.1) is 4.90 Å². The van der Waals surface area contributed by atoms with Crippen LogP contribution in [0.25, 0.3) is 0 Å². The highest BCUT2D eigenvalue weighted by Gasteiger charge is 2.31. The summed E-state index contributed by atoms with van der Waals surface area (Å²) in [7, 11) is -3.59. The van der Waals surface area contributed by atoms with Gasteiger partial charge in [-0.1, -0.05) is 12.1 Å². The molecule has 32 heavy (non-hydrogen) atoms. The van der Waals surface area contributed by atoms with Crippen LogP contribution in [0.2, 0.25) is 0 Å². The van der Waals surface area contributed by atoms with E-state index in [9.17, 15) is 18.0 Å². The van der Waals surface area contributed by atoms with Crippen LogP contribution in [0.5, 0.6) is 0 Å². The average Bonchev–Trinajstić information content (AvgIpc) is 3.26. The van der Waals surface area contributed by atoms with Crippen molar-refractivity contribution in [2.45, 2.75) is 44.6 Å². The molecule has 0 radical (unpaired) electrons. The zero-order valence-electron chi connectivity index (χ0n) is 18.5. The molecule has 2 amide bonds. The van der Waals surface area contributed by atoms with Gasteiger partial charge in [0.25, 0.3) is 0 Å². The second-order valence-electron chi connectivity index (χ2n) is 8.49. The van der Waals surface area contributed by atoms with Crippen molar-refractivity contribution in [1.29, 1.82) is 0 Å². The molecule has 2 aliphatic heterocycles. The Morgan fingerprint density at radius 1 is 0.938 bits per heavy atom. The zero-order valence-corrected chi connectivity index (χ0v) is 20.2. The summed E-state index contributed by atoms with van der Waals surface area (Å²) in [6.07, 6.45) is 1.23. The van der Waals surface area contributed by atoms with E-state index >= 15 is 0 Å². The predicted octanol–water partition coefficient (Wildman–Crippen LogP) is 2.56. The van der Waals surface area contributed by atoms with Crippen LogP contribution in [0.4, 0.5) is 0 Å². The largest absolute Gasteiger partial charge is 0.340 e. The van der Waals surface area contributed by atoms with Gasteiger partial charge in [0.2, 0.25) is 21.8 Å². The molecule has 0 aliphatic carbocycles. The number of carbonyl (C=O) groups is 2. The molecule has 0 unspecified atom stereocenters. The molecule has 0 saturated carbocycles. The first-order chi connectivity index (χ1) is 15.3. The third kappa shape index (κ3) is 4.74. The van der Waals surface area contributed by atoms with Gasteiger partial charge in [-0.3, -0.25) is 9.59 Å². The molecule has 7 nitrogen and oxygen atoms in total. The minimum absolute atomic E-state index is 0.00587. The Balaban J connectivity index is 1.28. The molecular weight excluding hydrogens is 446 g/mol. The molecule has 0 atom stereocenters. The van der Waals surface area contributed by atoms with Crippen molar-refractivity contribution < 1.29 is 18.0 Å². The number of carbonyl (C=O) groups excluding carboxylic acids is 2. The number of piperazine rings is 1. The third-order valence-electron chi connectivity index (χ3n) is 6.27. The lowest BCUT2D eigenvalue weighted by Gasteiger charge is -2.34. The van der Waals surface area contributed by atoms with Gasteiger partial charge < -0.3 is 9.80 Å². The summed E-state index contributed by atoms with van der Waals surface area (Å²) in [6.45, 7) is 6.23. The first-order valence-electron chi connectivity index (χ1n) is 10.9. The molecule has 172 valence electrons. The highest BCUT2D eigenvalue weighted by molar-refractivity contribution is 7.89. The molecule has 1 aromatic carbocycles. The molecule has 0 bridgehead atoms. The number of amides is 2. The Bertz CT molecular complexity index is 1120. The average molecular weight is 476 g/mol. The quantitative estimate of drug-likeness (QED) is 0.666. The van der Waals surface area contributed by atoms with Crippen LogP contribution < -0.4 is 0 Å². The molecule has 1 fully saturated rings. The van der Waals surface area contributed by atoms with Crippen LogP contribution in [0.3, 0.4) is 0 Å². The van der Waals surface area contributed by atoms with Gasteiger partial charge in [-0.25, -0.2) is 8.42 Å². The Labute approximate surface area is 193 Å². The molecule has 1 saturated heterocycles. The number of aryl methyl sites for hydroxylation is 2. The van der Waals surface area contributed by atoms with Crippen molar-refractivity contribution in [2.24, 2.45) is 0 Å². The standard InChI is InChI=1S/C23H29N3O4S2/c1-17-3-4-18(2)21(15-17)32(29,30)26-12-10-24(11-13-26)22(27)5-6-23(28)25-9-7-20-19(16-25)8-14-31-20/h3-4,8,14-15H,5-7,9-13,16H2,1-2H3. The van der Waals surface area contributed by atoms with E-state index in [2.05, 4.69) is 11.4 Å². The Morgan fingerprint density at radius 3 is 2.34 bits per heavy atom. The van der Waals surface area contributed by atoms with Crippen molar-refractivity contribution >= 4 is 33.2 Å². The number of hydrogen-bond donors (Lipinski definition) is 0. The van der Waals surface area contributed by atoms with Gasteiger partial charge in [-0.15, -0.1) is 11.3 Å². The van der Waals surface area contributed by atoms with Crippen LogP contribution in [0.15, 0.2) is 34.5 Å². The Hall–Kier alpha value is -2.23. The van der Waals surface area contributed by atoms with Crippen molar-refractivity contribution in [3.63, 3.8) is 0 Å². The zero-order chi connectivity index (χ0) is 22.9. The molecule has 4 rings (SSSR count). The van der Waals surface area contributed by atoms with E-state index in [0.29, 0.717) is 31.1 Å². The smallest absolute Gasteiger partial charge is 0.243 e. The molecule has 2 aliphatic rings. The molecule has 1 aromatic heterocycles. The molecule has 3 heterocycles. The van der Waals surface area contributed by atoms with Crippen LogP contribution in [-0.4, -0.2) is 67.1 Å². The van der Waals surface area contributed by atoms with Crippen LogP contribution >= 0.6 is 11.3 Å². The Morgan fingerprint density at radius 2 is 1.62 bits per heavy atom. The van der Waals surface area contributed by atoms with Gasteiger partial charge in [-0.2, -0.15) is 4.31 Å². The first-order valence-corrected chi connectivity index (χ1v) is 13.3. The maximum Gasteiger partial charge on any atom is 0.243 e. The molecule has 0 spiro atoms. The normalized spacial score (nSPS) is 17.3. The first kappa shape index (κ1) is 22.9.